The first-order valence-corrected chi connectivity index (χ1v) is 10.0. The Morgan fingerprint density at radius 3 is 2.68 bits per heavy atom. The third-order valence-electron chi connectivity index (χ3n) is 4.58. The number of likely N-dealkylation sites (tertiary alicyclic amines) is 1. The Morgan fingerprint density at radius 1 is 1.35 bits per heavy atom. The van der Waals surface area contributed by atoms with E-state index in [9.17, 15) is 31.5 Å². The fraction of sp³-hybridized carbons (Fsp3) is 0.500. The highest BCUT2D eigenvalue weighted by Gasteiger charge is 2.36. The van der Waals surface area contributed by atoms with E-state index in [0.29, 0.717) is 0 Å². The van der Waals surface area contributed by atoms with Crippen LogP contribution in [0.15, 0.2) is 11.4 Å². The lowest BCUT2D eigenvalue weighted by atomic mass is 10.2. The van der Waals surface area contributed by atoms with Crippen LogP contribution in [0.5, 0.6) is 5.88 Å². The predicted molar refractivity (Wildman–Crippen MR) is 101 cm³/mol. The molecule has 31 heavy (non-hydrogen) atoms. The molecule has 0 aliphatic carbocycles. The monoisotopic (exact) mass is 467 g/mol. The van der Waals surface area contributed by atoms with Crippen molar-refractivity contribution in [1.82, 2.24) is 15.2 Å². The number of halogens is 5. The Morgan fingerprint density at radius 2 is 2.06 bits per heavy atom. The standard InChI is InChI=1S/C18H18F5N3O4S/c1-24-16(27)11-8-31-15-12(18(21,22)23)4-13(25-14(11)15)29-9-2-3-26(7-9)17(28)30-10(5-19)6-20/h4,8-10H,2-3,5-7H2,1H3,(H,24,27)/t9-/m0/s1. The van der Waals surface area contributed by atoms with Crippen LogP contribution in [0, 0.1) is 0 Å². The van der Waals surface area contributed by atoms with Gasteiger partial charge in [-0.3, -0.25) is 4.79 Å². The van der Waals surface area contributed by atoms with Crippen LogP contribution in [-0.2, 0) is 10.9 Å². The van der Waals surface area contributed by atoms with Gasteiger partial charge >= 0.3 is 12.3 Å². The normalized spacial score (nSPS) is 16.7. The summed E-state index contributed by atoms with van der Waals surface area (Å²) in [5, 5.41) is 3.63. The van der Waals surface area contributed by atoms with Crippen molar-refractivity contribution in [2.45, 2.75) is 24.8 Å². The lowest BCUT2D eigenvalue weighted by Gasteiger charge is -2.19. The molecule has 0 unspecified atom stereocenters. The number of amides is 2. The Bertz CT molecular complexity index is 964. The molecule has 1 atom stereocenters. The molecule has 1 aliphatic rings. The highest BCUT2D eigenvalue weighted by molar-refractivity contribution is 7.17. The van der Waals surface area contributed by atoms with Gasteiger partial charge < -0.3 is 19.7 Å². The van der Waals surface area contributed by atoms with E-state index < -0.39 is 49.3 Å². The maximum atomic E-state index is 13.6. The summed E-state index contributed by atoms with van der Waals surface area (Å²) in [4.78, 5) is 29.2. The first-order valence-electron chi connectivity index (χ1n) is 9.13. The van der Waals surface area contributed by atoms with Crippen LogP contribution in [0.4, 0.5) is 26.7 Å². The number of alkyl halides is 5. The second kappa shape index (κ2) is 9.20. The van der Waals surface area contributed by atoms with Crippen molar-refractivity contribution in [3.8, 4) is 5.88 Å². The first-order chi connectivity index (χ1) is 14.7. The SMILES string of the molecule is CNC(=O)c1csc2c(C(F)(F)F)cc(O[C@H]3CCN(C(=O)OC(CF)CF)C3)nc12. The van der Waals surface area contributed by atoms with E-state index in [2.05, 4.69) is 15.0 Å². The van der Waals surface area contributed by atoms with Gasteiger partial charge in [0.2, 0.25) is 5.88 Å². The van der Waals surface area contributed by atoms with Gasteiger partial charge in [-0.1, -0.05) is 0 Å². The highest BCUT2D eigenvalue weighted by Crippen LogP contribution is 2.40. The van der Waals surface area contributed by atoms with E-state index in [-0.39, 0.29) is 41.2 Å². The van der Waals surface area contributed by atoms with Gasteiger partial charge in [-0.05, 0) is 0 Å². The average Bonchev–Trinajstić information content (AvgIpc) is 3.37. The lowest BCUT2D eigenvalue weighted by molar-refractivity contribution is -0.136. The molecule has 13 heteroatoms. The number of thiophene rings is 1. The van der Waals surface area contributed by atoms with Crippen LogP contribution >= 0.6 is 11.3 Å². The molecule has 0 spiro atoms. The fourth-order valence-corrected chi connectivity index (χ4v) is 4.06. The molecular formula is C18H18F5N3O4S. The van der Waals surface area contributed by atoms with Gasteiger partial charge in [0.1, 0.15) is 19.5 Å². The maximum absolute atomic E-state index is 13.6. The minimum absolute atomic E-state index is 0.0152. The Kier molecular flexibility index (Phi) is 6.82. The summed E-state index contributed by atoms with van der Waals surface area (Å²) >= 11 is 0.747. The molecule has 1 fully saturated rings. The van der Waals surface area contributed by atoms with Crippen molar-refractivity contribution in [1.29, 1.82) is 0 Å². The van der Waals surface area contributed by atoms with E-state index in [1.54, 1.807) is 0 Å². The summed E-state index contributed by atoms with van der Waals surface area (Å²) in [5.41, 5.74) is -1.15. The predicted octanol–water partition coefficient (Wildman–Crippen LogP) is 3.57. The Balaban J connectivity index is 1.82. The van der Waals surface area contributed by atoms with Crippen molar-refractivity contribution >= 4 is 33.6 Å². The number of nitrogens with zero attached hydrogens (tertiary/aromatic N) is 2. The Hall–Kier alpha value is -2.70. The number of pyridine rings is 1. The van der Waals surface area contributed by atoms with E-state index in [1.807, 2.05) is 0 Å². The minimum atomic E-state index is -4.70. The molecule has 1 aliphatic heterocycles. The van der Waals surface area contributed by atoms with E-state index in [1.165, 1.54) is 12.4 Å². The molecule has 2 amide bonds. The van der Waals surface area contributed by atoms with Crippen LogP contribution in [0.1, 0.15) is 22.3 Å². The second-order valence-electron chi connectivity index (χ2n) is 6.70. The molecule has 2 aromatic rings. The summed E-state index contributed by atoms with van der Waals surface area (Å²) in [5.74, 6) is -0.942. The van der Waals surface area contributed by atoms with Gasteiger partial charge in [0.15, 0.2) is 6.10 Å². The molecule has 0 aromatic carbocycles. The lowest BCUT2D eigenvalue weighted by Crippen LogP contribution is -2.35. The van der Waals surface area contributed by atoms with Gasteiger partial charge in [0.25, 0.3) is 5.91 Å². The summed E-state index contributed by atoms with van der Waals surface area (Å²) < 4.78 is 75.8. The van der Waals surface area contributed by atoms with Crippen LogP contribution in [0.2, 0.25) is 0 Å². The molecule has 3 rings (SSSR count). The summed E-state index contributed by atoms with van der Waals surface area (Å²) in [7, 11) is 1.35. The number of fused-ring (bicyclic) bond motifs is 1. The van der Waals surface area contributed by atoms with Crippen LogP contribution < -0.4 is 10.1 Å². The average molecular weight is 467 g/mol. The second-order valence-corrected chi connectivity index (χ2v) is 7.58. The third-order valence-corrected chi connectivity index (χ3v) is 5.58. The zero-order valence-corrected chi connectivity index (χ0v) is 17.0. The molecule has 0 radical (unpaired) electrons. The summed E-state index contributed by atoms with van der Waals surface area (Å²) in [6, 6.07) is 0.746. The van der Waals surface area contributed by atoms with Crippen molar-refractivity contribution in [3.05, 3.63) is 22.6 Å². The number of ether oxygens (including phenoxy) is 2. The topological polar surface area (TPSA) is 80.8 Å². The first kappa shape index (κ1) is 23.0. The number of carbonyl (C=O) groups is 2. The minimum Gasteiger partial charge on any atom is -0.472 e. The van der Waals surface area contributed by atoms with Crippen molar-refractivity contribution in [2.24, 2.45) is 0 Å². The molecule has 3 heterocycles. The highest BCUT2D eigenvalue weighted by atomic mass is 32.1. The number of hydrogen-bond donors (Lipinski definition) is 1. The molecule has 170 valence electrons. The number of carbonyl (C=O) groups excluding carboxylic acids is 2. The number of aromatic nitrogens is 1. The van der Waals surface area contributed by atoms with Gasteiger partial charge in [-0.2, -0.15) is 13.2 Å². The molecule has 2 aromatic heterocycles. The van der Waals surface area contributed by atoms with Crippen molar-refractivity contribution < 1.29 is 41.0 Å². The van der Waals surface area contributed by atoms with E-state index in [0.717, 1.165) is 22.3 Å². The number of nitrogens with one attached hydrogen (secondary N) is 1. The summed E-state index contributed by atoms with van der Waals surface area (Å²) in [6.07, 6.45) is -7.62. The fourth-order valence-electron chi connectivity index (χ4n) is 3.03. The zero-order chi connectivity index (χ0) is 22.8. The van der Waals surface area contributed by atoms with E-state index >= 15 is 0 Å². The van der Waals surface area contributed by atoms with Gasteiger partial charge in [0, 0.05) is 31.5 Å². The van der Waals surface area contributed by atoms with Crippen molar-refractivity contribution in [2.75, 3.05) is 33.5 Å². The molecular weight excluding hydrogens is 449 g/mol. The smallest absolute Gasteiger partial charge is 0.418 e. The van der Waals surface area contributed by atoms with Gasteiger partial charge in [-0.15, -0.1) is 11.3 Å². The molecule has 0 saturated carbocycles. The number of hydrogen-bond acceptors (Lipinski definition) is 6. The summed E-state index contributed by atoms with van der Waals surface area (Å²) in [6.45, 7) is -2.27. The van der Waals surface area contributed by atoms with Crippen LogP contribution in [-0.4, -0.2) is 67.6 Å². The molecule has 0 bridgehead atoms. The molecule has 1 N–H and O–H groups in total. The third kappa shape index (κ3) is 4.97. The zero-order valence-electron chi connectivity index (χ0n) is 16.2. The van der Waals surface area contributed by atoms with Crippen molar-refractivity contribution in [3.63, 3.8) is 0 Å². The Labute approximate surface area is 177 Å². The van der Waals surface area contributed by atoms with Crippen LogP contribution in [0.25, 0.3) is 10.2 Å². The van der Waals surface area contributed by atoms with E-state index in [4.69, 9.17) is 4.74 Å². The van der Waals surface area contributed by atoms with Gasteiger partial charge in [0.05, 0.1) is 27.9 Å². The quantitative estimate of drug-likeness (QED) is 0.657. The molecule has 1 saturated heterocycles. The maximum Gasteiger partial charge on any atom is 0.418 e. The van der Waals surface area contributed by atoms with Gasteiger partial charge in [-0.25, -0.2) is 18.6 Å². The number of rotatable bonds is 6. The largest absolute Gasteiger partial charge is 0.472 e. The molecule has 7 nitrogen and oxygen atoms in total. The van der Waals surface area contributed by atoms with Crippen LogP contribution in [0.3, 0.4) is 0 Å².